The quantitative estimate of drug-likeness (QED) is 0.604. The zero-order chi connectivity index (χ0) is 11.5. The lowest BCUT2D eigenvalue weighted by Gasteiger charge is -2.00. The second-order valence-electron chi connectivity index (χ2n) is 3.24. The highest BCUT2D eigenvalue weighted by Gasteiger charge is 2.18. The molecule has 4 nitrogen and oxygen atoms in total. The average Bonchev–Trinajstić information content (AvgIpc) is 2.59. The van der Waals surface area contributed by atoms with Crippen LogP contribution in [0.5, 0.6) is 5.75 Å². The highest BCUT2D eigenvalue weighted by molar-refractivity contribution is 7.80. The Balaban J connectivity index is 2.22. The molecule has 5 heteroatoms. The largest absolute Gasteiger partial charge is 0.497 e. The van der Waals surface area contributed by atoms with Crippen LogP contribution >= 0.6 is 12.2 Å². The summed E-state index contributed by atoms with van der Waals surface area (Å²) in [5.74, 6) is 0.790. The Bertz CT molecular complexity index is 465. The molecule has 0 unspecified atom stereocenters. The van der Waals surface area contributed by atoms with Crippen LogP contribution in [0.4, 0.5) is 4.79 Å². The molecule has 0 saturated carbocycles. The molecule has 0 aromatic heterocycles. The van der Waals surface area contributed by atoms with E-state index >= 15 is 0 Å². The average molecular weight is 234 g/mol. The highest BCUT2D eigenvalue weighted by atomic mass is 32.1. The summed E-state index contributed by atoms with van der Waals surface area (Å²) in [6.07, 6.45) is 1.81. The lowest BCUT2D eigenvalue weighted by Crippen LogP contribution is -2.21. The van der Waals surface area contributed by atoms with Gasteiger partial charge < -0.3 is 10.1 Å². The van der Waals surface area contributed by atoms with Crippen molar-refractivity contribution in [1.29, 1.82) is 0 Å². The van der Waals surface area contributed by atoms with E-state index in [1.165, 1.54) is 0 Å². The summed E-state index contributed by atoms with van der Waals surface area (Å²) in [4.78, 5) is 11.4. The predicted octanol–water partition coefficient (Wildman–Crippen LogP) is 1.68. The Labute approximate surface area is 98.3 Å². The van der Waals surface area contributed by atoms with E-state index in [1.807, 2.05) is 24.3 Å². The van der Waals surface area contributed by atoms with E-state index in [0.717, 1.165) is 11.3 Å². The van der Waals surface area contributed by atoms with E-state index < -0.39 is 0 Å². The molecule has 1 aliphatic heterocycles. The SMILES string of the molecule is COc1ccc(/C=C2/NC(=O)NC2=S)cc1. The van der Waals surface area contributed by atoms with Crippen LogP contribution in [0.1, 0.15) is 5.56 Å². The number of thiocarbonyl (C=S) groups is 1. The molecule has 16 heavy (non-hydrogen) atoms. The van der Waals surface area contributed by atoms with Crippen molar-refractivity contribution >= 4 is 29.3 Å². The maximum Gasteiger partial charge on any atom is 0.324 e. The van der Waals surface area contributed by atoms with Crippen LogP contribution in [0.15, 0.2) is 30.0 Å². The second-order valence-corrected chi connectivity index (χ2v) is 3.65. The summed E-state index contributed by atoms with van der Waals surface area (Å²) >= 11 is 4.98. The Morgan fingerprint density at radius 1 is 1.25 bits per heavy atom. The molecule has 0 aliphatic carbocycles. The van der Waals surface area contributed by atoms with Gasteiger partial charge in [-0.1, -0.05) is 24.4 Å². The van der Waals surface area contributed by atoms with Gasteiger partial charge in [-0.2, -0.15) is 0 Å². The molecule has 0 atom stereocenters. The van der Waals surface area contributed by atoms with Crippen LogP contribution in [0.2, 0.25) is 0 Å². The number of ether oxygens (including phenoxy) is 1. The normalized spacial score (nSPS) is 17.2. The van der Waals surface area contributed by atoms with Gasteiger partial charge in [0.25, 0.3) is 0 Å². The van der Waals surface area contributed by atoms with Crippen LogP contribution in [0, 0.1) is 0 Å². The van der Waals surface area contributed by atoms with Crippen molar-refractivity contribution in [3.05, 3.63) is 35.5 Å². The number of methoxy groups -OCH3 is 1. The lowest BCUT2D eigenvalue weighted by atomic mass is 10.2. The van der Waals surface area contributed by atoms with Crippen molar-refractivity contribution in [2.45, 2.75) is 0 Å². The summed E-state index contributed by atoms with van der Waals surface area (Å²) in [5, 5.41) is 5.12. The van der Waals surface area contributed by atoms with E-state index in [4.69, 9.17) is 17.0 Å². The zero-order valence-electron chi connectivity index (χ0n) is 8.61. The molecule has 2 rings (SSSR count). The van der Waals surface area contributed by atoms with Crippen LogP contribution < -0.4 is 15.4 Å². The minimum absolute atomic E-state index is 0.287. The number of hydrogen-bond acceptors (Lipinski definition) is 3. The third-order valence-corrected chi connectivity index (χ3v) is 2.47. The van der Waals surface area contributed by atoms with Crippen molar-refractivity contribution in [1.82, 2.24) is 10.6 Å². The molecule has 1 aliphatic rings. The van der Waals surface area contributed by atoms with Crippen LogP contribution in [0.3, 0.4) is 0 Å². The number of carbonyl (C=O) groups excluding carboxylic acids is 1. The summed E-state index contributed by atoms with van der Waals surface area (Å²) in [6, 6.07) is 7.18. The van der Waals surface area contributed by atoms with Gasteiger partial charge in [-0.05, 0) is 23.8 Å². The number of nitrogens with one attached hydrogen (secondary N) is 2. The monoisotopic (exact) mass is 234 g/mol. The smallest absolute Gasteiger partial charge is 0.324 e. The van der Waals surface area contributed by atoms with Crippen molar-refractivity contribution < 1.29 is 9.53 Å². The van der Waals surface area contributed by atoms with E-state index in [0.29, 0.717) is 10.7 Å². The third-order valence-electron chi connectivity index (χ3n) is 2.15. The number of hydrogen-bond donors (Lipinski definition) is 2. The molecule has 0 radical (unpaired) electrons. The van der Waals surface area contributed by atoms with Crippen molar-refractivity contribution in [2.24, 2.45) is 0 Å². The molecular formula is C11H10N2O2S. The second kappa shape index (κ2) is 4.32. The summed E-state index contributed by atoms with van der Waals surface area (Å²) in [7, 11) is 1.61. The first kappa shape index (κ1) is 10.6. The van der Waals surface area contributed by atoms with Gasteiger partial charge in [0.15, 0.2) is 0 Å². The van der Waals surface area contributed by atoms with Gasteiger partial charge in [0.05, 0.1) is 12.8 Å². The van der Waals surface area contributed by atoms with Gasteiger partial charge in [-0.3, -0.25) is 5.32 Å². The molecule has 1 heterocycles. The van der Waals surface area contributed by atoms with Gasteiger partial charge in [0.1, 0.15) is 10.7 Å². The molecule has 2 amide bonds. The minimum atomic E-state index is -0.287. The number of rotatable bonds is 2. The van der Waals surface area contributed by atoms with Gasteiger partial charge in [-0.15, -0.1) is 0 Å². The number of benzene rings is 1. The predicted molar refractivity (Wildman–Crippen MR) is 65.2 cm³/mol. The van der Waals surface area contributed by atoms with Crippen molar-refractivity contribution in [3.63, 3.8) is 0 Å². The highest BCUT2D eigenvalue weighted by Crippen LogP contribution is 2.14. The van der Waals surface area contributed by atoms with E-state index in [2.05, 4.69) is 10.6 Å². The molecule has 2 N–H and O–H groups in total. The van der Waals surface area contributed by atoms with Crippen molar-refractivity contribution in [3.8, 4) is 5.75 Å². The van der Waals surface area contributed by atoms with Crippen LogP contribution in [-0.4, -0.2) is 18.1 Å². The maximum absolute atomic E-state index is 11.0. The third kappa shape index (κ3) is 2.20. The fourth-order valence-corrected chi connectivity index (χ4v) is 1.55. The minimum Gasteiger partial charge on any atom is -0.497 e. The van der Waals surface area contributed by atoms with E-state index in [9.17, 15) is 4.79 Å². The molecule has 1 fully saturated rings. The first-order valence-electron chi connectivity index (χ1n) is 4.67. The van der Waals surface area contributed by atoms with Gasteiger partial charge in [0.2, 0.25) is 0 Å². The number of urea groups is 1. The number of amides is 2. The first-order chi connectivity index (χ1) is 7.69. The standard InChI is InChI=1S/C11H10N2O2S/c1-15-8-4-2-7(3-5-8)6-9-10(16)13-11(14)12-9/h2-6H,1H3,(H2,12,13,14,16)/b9-6+. The summed E-state index contributed by atoms with van der Waals surface area (Å²) in [6.45, 7) is 0. The Morgan fingerprint density at radius 2 is 1.94 bits per heavy atom. The molecule has 0 bridgehead atoms. The van der Waals surface area contributed by atoms with E-state index in [1.54, 1.807) is 13.2 Å². The van der Waals surface area contributed by atoms with Crippen LogP contribution in [-0.2, 0) is 0 Å². The lowest BCUT2D eigenvalue weighted by molar-refractivity contribution is 0.250. The zero-order valence-corrected chi connectivity index (χ0v) is 9.43. The van der Waals surface area contributed by atoms with Crippen molar-refractivity contribution in [2.75, 3.05) is 7.11 Å². The molecule has 1 aromatic carbocycles. The Morgan fingerprint density at radius 3 is 2.44 bits per heavy atom. The topological polar surface area (TPSA) is 50.4 Å². The summed E-state index contributed by atoms with van der Waals surface area (Å²) < 4.78 is 5.05. The van der Waals surface area contributed by atoms with Crippen LogP contribution in [0.25, 0.3) is 6.08 Å². The fourth-order valence-electron chi connectivity index (χ4n) is 1.35. The van der Waals surface area contributed by atoms with E-state index in [-0.39, 0.29) is 6.03 Å². The summed E-state index contributed by atoms with van der Waals surface area (Å²) in [5.41, 5.74) is 1.56. The first-order valence-corrected chi connectivity index (χ1v) is 5.08. The molecule has 1 saturated heterocycles. The molecule has 0 spiro atoms. The van der Waals surface area contributed by atoms with Gasteiger partial charge in [0, 0.05) is 0 Å². The molecular weight excluding hydrogens is 224 g/mol. The fraction of sp³-hybridized carbons (Fsp3) is 0.0909. The van der Waals surface area contributed by atoms with Gasteiger partial charge in [-0.25, -0.2) is 4.79 Å². The van der Waals surface area contributed by atoms with Gasteiger partial charge >= 0.3 is 6.03 Å². The number of carbonyl (C=O) groups is 1. The Hall–Kier alpha value is -1.88. The maximum atomic E-state index is 11.0. The molecule has 82 valence electrons. The Kier molecular flexibility index (Phi) is 2.87. The molecule has 1 aromatic rings.